The van der Waals surface area contributed by atoms with Gasteiger partial charge in [-0.15, -0.1) is 5.10 Å². The summed E-state index contributed by atoms with van der Waals surface area (Å²) in [6, 6.07) is 0. The zero-order valence-electron chi connectivity index (χ0n) is 10.3. The number of nitrogens with one attached hydrogen (secondary N) is 1. The van der Waals surface area contributed by atoms with Crippen LogP contribution in [-0.4, -0.2) is 40.8 Å². The fraction of sp³-hybridized carbons (Fsp3) is 0.800. The van der Waals surface area contributed by atoms with Gasteiger partial charge in [0.2, 0.25) is 10.0 Å². The lowest BCUT2D eigenvalue weighted by Gasteiger charge is -2.34. The van der Waals surface area contributed by atoms with Crippen molar-refractivity contribution in [2.24, 2.45) is 0 Å². The molecule has 1 aliphatic rings. The highest BCUT2D eigenvalue weighted by Crippen LogP contribution is 2.39. The zero-order chi connectivity index (χ0) is 13.2. The Bertz CT molecular complexity index is 507. The van der Waals surface area contributed by atoms with Gasteiger partial charge in [-0.05, 0) is 26.2 Å². The molecule has 1 heterocycles. The molecule has 0 bridgehead atoms. The third-order valence-electron chi connectivity index (χ3n) is 3.24. The van der Waals surface area contributed by atoms with Gasteiger partial charge in [-0.3, -0.25) is 4.68 Å². The highest BCUT2D eigenvalue weighted by Gasteiger charge is 2.38. The van der Waals surface area contributed by atoms with Gasteiger partial charge in [-0.25, -0.2) is 13.1 Å². The number of rotatable bonds is 6. The first-order chi connectivity index (χ1) is 8.45. The Kier molecular flexibility index (Phi) is 3.69. The van der Waals surface area contributed by atoms with E-state index < -0.39 is 15.6 Å². The van der Waals surface area contributed by atoms with Gasteiger partial charge in [0.25, 0.3) is 0 Å². The molecule has 1 fully saturated rings. The van der Waals surface area contributed by atoms with E-state index in [0.29, 0.717) is 25.1 Å². The third kappa shape index (κ3) is 2.88. The van der Waals surface area contributed by atoms with Crippen molar-refractivity contribution < 1.29 is 13.5 Å². The smallest absolute Gasteiger partial charge is 0.211 e. The second-order valence-electron chi connectivity index (χ2n) is 4.55. The molecule has 0 atom stereocenters. The molecule has 7 nitrogen and oxygen atoms in total. The van der Waals surface area contributed by atoms with Gasteiger partial charge in [0, 0.05) is 6.54 Å². The molecule has 0 spiro atoms. The van der Waals surface area contributed by atoms with Gasteiger partial charge in [0.1, 0.15) is 11.3 Å². The van der Waals surface area contributed by atoms with Gasteiger partial charge < -0.3 is 5.11 Å². The minimum atomic E-state index is -3.17. The van der Waals surface area contributed by atoms with E-state index >= 15 is 0 Å². The van der Waals surface area contributed by atoms with Gasteiger partial charge in [0.15, 0.2) is 0 Å². The molecule has 2 rings (SSSR count). The molecule has 0 saturated heterocycles. The van der Waals surface area contributed by atoms with Crippen LogP contribution >= 0.6 is 0 Å². The number of nitrogens with zero attached hydrogens (tertiary/aromatic N) is 3. The van der Waals surface area contributed by atoms with Crippen LogP contribution in [0.5, 0.6) is 0 Å². The molecule has 102 valence electrons. The van der Waals surface area contributed by atoms with Crippen molar-refractivity contribution in [3.63, 3.8) is 0 Å². The van der Waals surface area contributed by atoms with Crippen molar-refractivity contribution in [1.82, 2.24) is 19.7 Å². The molecule has 1 aliphatic carbocycles. The van der Waals surface area contributed by atoms with Crippen LogP contribution < -0.4 is 4.72 Å². The van der Waals surface area contributed by atoms with Crippen LogP contribution in [0, 0.1) is 0 Å². The third-order valence-corrected chi connectivity index (χ3v) is 4.64. The maximum Gasteiger partial charge on any atom is 0.211 e. The molecule has 0 aliphatic heterocycles. The van der Waals surface area contributed by atoms with E-state index in [9.17, 15) is 13.5 Å². The predicted molar refractivity (Wildman–Crippen MR) is 65.2 cm³/mol. The normalized spacial score (nSPS) is 18.6. The van der Waals surface area contributed by atoms with E-state index in [2.05, 4.69) is 15.0 Å². The molecular weight excluding hydrogens is 256 g/mol. The minimum absolute atomic E-state index is 0.0648. The maximum absolute atomic E-state index is 11.2. The lowest BCUT2D eigenvalue weighted by molar-refractivity contribution is -0.0427. The van der Waals surface area contributed by atoms with Gasteiger partial charge >= 0.3 is 0 Å². The molecule has 2 N–H and O–H groups in total. The van der Waals surface area contributed by atoms with E-state index in [4.69, 9.17) is 0 Å². The van der Waals surface area contributed by atoms with E-state index in [1.165, 1.54) is 0 Å². The summed E-state index contributed by atoms with van der Waals surface area (Å²) in [5.74, 6) is 0.0648. The monoisotopic (exact) mass is 274 g/mol. The van der Waals surface area contributed by atoms with Crippen LogP contribution in [0.15, 0.2) is 6.20 Å². The first kappa shape index (κ1) is 13.4. The molecule has 1 aromatic rings. The topological polar surface area (TPSA) is 97.1 Å². The summed E-state index contributed by atoms with van der Waals surface area (Å²) in [6.07, 6.45) is 4.11. The molecule has 1 saturated carbocycles. The van der Waals surface area contributed by atoms with Crippen LogP contribution in [0.4, 0.5) is 0 Å². The summed E-state index contributed by atoms with van der Waals surface area (Å²) in [5.41, 5.74) is -0.242. The Balaban J connectivity index is 1.88. The van der Waals surface area contributed by atoms with Crippen molar-refractivity contribution >= 4 is 10.0 Å². The van der Waals surface area contributed by atoms with E-state index in [0.717, 1.165) is 6.42 Å². The average molecular weight is 274 g/mol. The maximum atomic E-state index is 11.2. The van der Waals surface area contributed by atoms with Gasteiger partial charge in [-0.1, -0.05) is 5.21 Å². The standard InChI is InChI=1S/C10H18N4O3S/c1-2-18(16,17)11-6-7-14-8-9(12-13-14)10(15)4-3-5-10/h8,11,15H,2-7H2,1H3. The molecule has 1 aromatic heterocycles. The molecule has 0 amide bonds. The van der Waals surface area contributed by atoms with Crippen LogP contribution in [0.25, 0.3) is 0 Å². The number of hydrogen-bond donors (Lipinski definition) is 2. The second kappa shape index (κ2) is 4.94. The molecule has 8 heteroatoms. The SMILES string of the molecule is CCS(=O)(=O)NCCn1cc(C2(O)CCC2)nn1. The average Bonchev–Trinajstić information content (AvgIpc) is 2.75. The van der Waals surface area contributed by atoms with Crippen molar-refractivity contribution in [2.45, 2.75) is 38.3 Å². The van der Waals surface area contributed by atoms with Crippen LogP contribution in [0.2, 0.25) is 0 Å². The highest BCUT2D eigenvalue weighted by atomic mass is 32.2. The lowest BCUT2D eigenvalue weighted by atomic mass is 9.78. The Morgan fingerprint density at radius 2 is 2.28 bits per heavy atom. The Morgan fingerprint density at radius 1 is 1.56 bits per heavy atom. The van der Waals surface area contributed by atoms with E-state index in [1.54, 1.807) is 17.8 Å². The molecule has 0 radical (unpaired) electrons. The van der Waals surface area contributed by atoms with Crippen LogP contribution in [0.3, 0.4) is 0 Å². The van der Waals surface area contributed by atoms with E-state index in [-0.39, 0.29) is 12.3 Å². The minimum Gasteiger partial charge on any atom is -0.383 e. The fourth-order valence-corrected chi connectivity index (χ4v) is 2.41. The summed E-state index contributed by atoms with van der Waals surface area (Å²) < 4.78 is 26.4. The van der Waals surface area contributed by atoms with Crippen molar-refractivity contribution in [2.75, 3.05) is 12.3 Å². The Morgan fingerprint density at radius 3 is 2.83 bits per heavy atom. The van der Waals surface area contributed by atoms with Gasteiger partial charge in [-0.2, -0.15) is 0 Å². The van der Waals surface area contributed by atoms with E-state index in [1.807, 2.05) is 0 Å². The summed E-state index contributed by atoms with van der Waals surface area (Å²) in [6.45, 7) is 2.27. The number of hydrogen-bond acceptors (Lipinski definition) is 5. The van der Waals surface area contributed by atoms with Crippen LogP contribution in [-0.2, 0) is 22.2 Å². The first-order valence-corrected chi connectivity index (χ1v) is 7.71. The summed E-state index contributed by atoms with van der Waals surface area (Å²) in [7, 11) is -3.17. The number of aromatic nitrogens is 3. The quantitative estimate of drug-likeness (QED) is 0.735. The first-order valence-electron chi connectivity index (χ1n) is 6.05. The molecular formula is C10H18N4O3S. The van der Waals surface area contributed by atoms with Gasteiger partial charge in [0.05, 0.1) is 18.5 Å². The number of aliphatic hydroxyl groups is 1. The largest absolute Gasteiger partial charge is 0.383 e. The molecule has 18 heavy (non-hydrogen) atoms. The predicted octanol–water partition coefficient (Wildman–Crippen LogP) is -0.411. The molecule has 0 aromatic carbocycles. The lowest BCUT2D eigenvalue weighted by Crippen LogP contribution is -2.34. The summed E-state index contributed by atoms with van der Waals surface area (Å²) in [5, 5.41) is 17.9. The summed E-state index contributed by atoms with van der Waals surface area (Å²) in [4.78, 5) is 0. The summed E-state index contributed by atoms with van der Waals surface area (Å²) >= 11 is 0. The molecule has 0 unspecified atom stereocenters. The van der Waals surface area contributed by atoms with Crippen LogP contribution in [0.1, 0.15) is 31.9 Å². The number of sulfonamides is 1. The Hall–Kier alpha value is -0.990. The van der Waals surface area contributed by atoms with Crippen molar-refractivity contribution in [1.29, 1.82) is 0 Å². The zero-order valence-corrected chi connectivity index (χ0v) is 11.2. The van der Waals surface area contributed by atoms with Crippen molar-refractivity contribution in [3.8, 4) is 0 Å². The fourth-order valence-electron chi connectivity index (χ4n) is 1.81. The van der Waals surface area contributed by atoms with Crippen molar-refractivity contribution in [3.05, 3.63) is 11.9 Å². The Labute approximate surface area is 106 Å². The second-order valence-corrected chi connectivity index (χ2v) is 6.65. The highest BCUT2D eigenvalue weighted by molar-refractivity contribution is 7.89.